The van der Waals surface area contributed by atoms with Gasteiger partial charge in [-0.2, -0.15) is 0 Å². The number of hydrogen-bond acceptors (Lipinski definition) is 3. The molecular weight excluding hydrogens is 272 g/mol. The minimum Gasteiger partial charge on any atom is -0.334 e. The third kappa shape index (κ3) is 2.05. The number of rotatable bonds is 2. The number of imidazole rings is 1. The Morgan fingerprint density at radius 2 is 1.77 bits per heavy atom. The molecule has 1 aromatic carbocycles. The summed E-state index contributed by atoms with van der Waals surface area (Å²) in [5, 5.41) is 1.01. The minimum absolute atomic E-state index is 0.749. The lowest BCUT2D eigenvalue weighted by Crippen LogP contribution is -1.97. The van der Waals surface area contributed by atoms with Crippen molar-refractivity contribution in [3.05, 3.63) is 67.1 Å². The third-order valence-corrected chi connectivity index (χ3v) is 3.70. The Balaban J connectivity index is 2.06. The summed E-state index contributed by atoms with van der Waals surface area (Å²) in [6.07, 6.45) is 5.51. The molecule has 4 rings (SSSR count). The van der Waals surface area contributed by atoms with Crippen LogP contribution in [0.15, 0.2) is 67.1 Å². The highest BCUT2D eigenvalue weighted by atomic mass is 15.0. The van der Waals surface area contributed by atoms with Gasteiger partial charge >= 0.3 is 0 Å². The van der Waals surface area contributed by atoms with Crippen LogP contribution in [0.3, 0.4) is 0 Å². The van der Waals surface area contributed by atoms with E-state index in [4.69, 9.17) is 4.98 Å². The van der Waals surface area contributed by atoms with Crippen LogP contribution in [0.1, 0.15) is 0 Å². The summed E-state index contributed by atoms with van der Waals surface area (Å²) in [5.41, 5.74) is 3.73. The van der Waals surface area contributed by atoms with Gasteiger partial charge in [0.15, 0.2) is 5.65 Å². The Labute approximate surface area is 128 Å². The van der Waals surface area contributed by atoms with E-state index in [-0.39, 0.29) is 0 Å². The van der Waals surface area contributed by atoms with Gasteiger partial charge in [-0.1, -0.05) is 30.3 Å². The molecule has 106 valence electrons. The quantitative estimate of drug-likeness (QED) is 0.564. The van der Waals surface area contributed by atoms with Crippen molar-refractivity contribution in [1.82, 2.24) is 19.5 Å². The summed E-state index contributed by atoms with van der Waals surface area (Å²) in [4.78, 5) is 13.6. The van der Waals surface area contributed by atoms with E-state index in [1.807, 2.05) is 48.1 Å². The summed E-state index contributed by atoms with van der Waals surface area (Å²) in [5.74, 6) is 0.900. The normalized spacial score (nSPS) is 11.0. The first-order chi connectivity index (χ1) is 10.8. The lowest BCUT2D eigenvalue weighted by Gasteiger charge is -2.10. The molecule has 0 amide bonds. The Bertz CT molecular complexity index is 942. The second-order valence-corrected chi connectivity index (χ2v) is 5.16. The Morgan fingerprint density at radius 1 is 0.909 bits per heavy atom. The van der Waals surface area contributed by atoms with E-state index in [9.17, 15) is 0 Å². The molecule has 0 aliphatic carbocycles. The average molecular weight is 286 g/mol. The summed E-state index contributed by atoms with van der Waals surface area (Å²) in [6.45, 7) is 0. The average Bonchev–Trinajstić information content (AvgIpc) is 3.00. The maximum absolute atomic E-state index is 4.78. The van der Waals surface area contributed by atoms with Crippen LogP contribution in [-0.2, 0) is 7.05 Å². The summed E-state index contributed by atoms with van der Waals surface area (Å²) < 4.78 is 2.01. The molecule has 4 aromatic rings. The van der Waals surface area contributed by atoms with E-state index in [0.717, 1.165) is 33.7 Å². The van der Waals surface area contributed by atoms with Crippen LogP contribution in [0.5, 0.6) is 0 Å². The van der Waals surface area contributed by atoms with Gasteiger partial charge in [0.2, 0.25) is 0 Å². The number of benzene rings is 1. The molecule has 0 radical (unpaired) electrons. The van der Waals surface area contributed by atoms with Gasteiger partial charge in [0.1, 0.15) is 5.82 Å². The van der Waals surface area contributed by atoms with Crippen LogP contribution in [0.4, 0.5) is 0 Å². The maximum Gasteiger partial charge on any atom is 0.159 e. The number of pyridine rings is 2. The first-order valence-corrected chi connectivity index (χ1v) is 7.12. The van der Waals surface area contributed by atoms with Gasteiger partial charge in [0, 0.05) is 42.2 Å². The summed E-state index contributed by atoms with van der Waals surface area (Å²) in [6, 6.07) is 16.2. The van der Waals surface area contributed by atoms with E-state index >= 15 is 0 Å². The number of fused-ring (bicyclic) bond motifs is 1. The second kappa shape index (κ2) is 5.07. The van der Waals surface area contributed by atoms with Crippen molar-refractivity contribution in [3.63, 3.8) is 0 Å². The molecule has 4 heteroatoms. The Morgan fingerprint density at radius 3 is 2.55 bits per heavy atom. The van der Waals surface area contributed by atoms with Crippen LogP contribution in [-0.4, -0.2) is 19.5 Å². The molecule has 0 fully saturated rings. The predicted molar refractivity (Wildman–Crippen MR) is 87.2 cm³/mol. The lowest BCUT2D eigenvalue weighted by molar-refractivity contribution is 0.924. The van der Waals surface area contributed by atoms with Gasteiger partial charge in [0.25, 0.3) is 0 Å². The van der Waals surface area contributed by atoms with E-state index in [0.29, 0.717) is 0 Å². The highest BCUT2D eigenvalue weighted by molar-refractivity contribution is 5.88. The second-order valence-electron chi connectivity index (χ2n) is 5.16. The van der Waals surface area contributed by atoms with Crippen molar-refractivity contribution in [2.75, 3.05) is 0 Å². The third-order valence-electron chi connectivity index (χ3n) is 3.70. The van der Waals surface area contributed by atoms with Crippen molar-refractivity contribution in [3.8, 4) is 22.6 Å². The summed E-state index contributed by atoms with van der Waals surface area (Å²) >= 11 is 0. The fourth-order valence-electron chi connectivity index (χ4n) is 2.62. The standard InChI is InChI=1S/C18H14N4/c1-22-11-10-20-18(22)15-12-14-8-5-9-19-17(14)21-16(15)13-6-3-2-4-7-13/h2-12H,1H3. The van der Waals surface area contributed by atoms with E-state index in [2.05, 4.69) is 28.2 Å². The molecule has 0 atom stereocenters. The molecule has 0 saturated heterocycles. The van der Waals surface area contributed by atoms with E-state index in [1.54, 1.807) is 12.4 Å². The van der Waals surface area contributed by atoms with Crippen LogP contribution >= 0.6 is 0 Å². The SMILES string of the molecule is Cn1ccnc1-c1cc2cccnc2nc1-c1ccccc1. The zero-order chi connectivity index (χ0) is 14.9. The number of aryl methyl sites for hydroxylation is 1. The highest BCUT2D eigenvalue weighted by Crippen LogP contribution is 2.31. The van der Waals surface area contributed by atoms with Crippen LogP contribution in [0.25, 0.3) is 33.7 Å². The first-order valence-electron chi connectivity index (χ1n) is 7.12. The van der Waals surface area contributed by atoms with Gasteiger partial charge < -0.3 is 4.57 Å². The first kappa shape index (κ1) is 12.7. The largest absolute Gasteiger partial charge is 0.334 e. The van der Waals surface area contributed by atoms with Gasteiger partial charge in [-0.3, -0.25) is 0 Å². The molecule has 0 aliphatic rings. The molecule has 0 bridgehead atoms. The molecule has 0 unspecified atom stereocenters. The Hall–Kier alpha value is -3.01. The topological polar surface area (TPSA) is 43.6 Å². The van der Waals surface area contributed by atoms with Crippen molar-refractivity contribution >= 4 is 11.0 Å². The molecular formula is C18H14N4. The zero-order valence-electron chi connectivity index (χ0n) is 12.1. The summed E-state index contributed by atoms with van der Waals surface area (Å²) in [7, 11) is 1.99. The molecule has 0 aliphatic heterocycles. The minimum atomic E-state index is 0.749. The molecule has 3 aromatic heterocycles. The zero-order valence-corrected chi connectivity index (χ0v) is 12.1. The molecule has 4 nitrogen and oxygen atoms in total. The van der Waals surface area contributed by atoms with Crippen molar-refractivity contribution in [2.45, 2.75) is 0 Å². The fraction of sp³-hybridized carbons (Fsp3) is 0.0556. The van der Waals surface area contributed by atoms with Gasteiger partial charge in [0.05, 0.1) is 5.69 Å². The molecule has 0 spiro atoms. The molecule has 22 heavy (non-hydrogen) atoms. The van der Waals surface area contributed by atoms with E-state index < -0.39 is 0 Å². The van der Waals surface area contributed by atoms with Crippen LogP contribution < -0.4 is 0 Å². The van der Waals surface area contributed by atoms with Gasteiger partial charge in [-0.15, -0.1) is 0 Å². The monoisotopic (exact) mass is 286 g/mol. The Kier molecular flexibility index (Phi) is 2.93. The lowest BCUT2D eigenvalue weighted by atomic mass is 10.0. The van der Waals surface area contributed by atoms with Gasteiger partial charge in [-0.25, -0.2) is 15.0 Å². The maximum atomic E-state index is 4.78. The highest BCUT2D eigenvalue weighted by Gasteiger charge is 2.14. The van der Waals surface area contributed by atoms with Gasteiger partial charge in [-0.05, 0) is 18.2 Å². The smallest absolute Gasteiger partial charge is 0.159 e. The van der Waals surface area contributed by atoms with Crippen molar-refractivity contribution in [1.29, 1.82) is 0 Å². The predicted octanol–water partition coefficient (Wildman–Crippen LogP) is 3.70. The van der Waals surface area contributed by atoms with Crippen molar-refractivity contribution in [2.24, 2.45) is 7.05 Å². The molecule has 0 N–H and O–H groups in total. The molecule has 0 saturated carbocycles. The van der Waals surface area contributed by atoms with E-state index in [1.165, 1.54) is 0 Å². The van der Waals surface area contributed by atoms with Crippen molar-refractivity contribution < 1.29 is 0 Å². The van der Waals surface area contributed by atoms with Crippen LogP contribution in [0.2, 0.25) is 0 Å². The number of aromatic nitrogens is 4. The van der Waals surface area contributed by atoms with Crippen LogP contribution in [0, 0.1) is 0 Å². The fourth-order valence-corrected chi connectivity index (χ4v) is 2.62. The number of hydrogen-bond donors (Lipinski definition) is 0. The number of nitrogens with zero attached hydrogens (tertiary/aromatic N) is 4. The molecule has 3 heterocycles.